The Hall–Kier alpha value is -1.57. The van der Waals surface area contributed by atoms with E-state index in [2.05, 4.69) is 6.58 Å². The molecule has 0 heterocycles. The first-order valence-corrected chi connectivity index (χ1v) is 4.50. The van der Waals surface area contributed by atoms with Gasteiger partial charge in [-0.1, -0.05) is 12.7 Å². The van der Waals surface area contributed by atoms with Crippen LogP contribution in [0.5, 0.6) is 5.75 Å². The van der Waals surface area contributed by atoms with Crippen molar-refractivity contribution in [2.24, 2.45) is 0 Å². The molecule has 0 saturated heterocycles. The molecule has 0 saturated carbocycles. The van der Waals surface area contributed by atoms with E-state index in [-0.39, 0.29) is 5.78 Å². The summed E-state index contributed by atoms with van der Waals surface area (Å²) in [6.45, 7) is 7.53. The van der Waals surface area contributed by atoms with Crippen molar-refractivity contribution in [1.29, 1.82) is 0 Å². The van der Waals surface area contributed by atoms with Crippen LogP contribution in [0.4, 0.5) is 0 Å². The smallest absolute Gasteiger partial charge is 0.159 e. The lowest BCUT2D eigenvalue weighted by Gasteiger charge is -2.07. The minimum Gasteiger partial charge on any atom is -0.489 e. The van der Waals surface area contributed by atoms with E-state index in [0.29, 0.717) is 12.2 Å². The Morgan fingerprint density at radius 3 is 2.79 bits per heavy atom. The van der Waals surface area contributed by atoms with Gasteiger partial charge in [-0.2, -0.15) is 0 Å². The summed E-state index contributed by atoms with van der Waals surface area (Å²) in [5, 5.41) is 0. The highest BCUT2D eigenvalue weighted by Crippen LogP contribution is 2.19. The van der Waals surface area contributed by atoms with E-state index >= 15 is 0 Å². The summed E-state index contributed by atoms with van der Waals surface area (Å²) in [5.74, 6) is 0.873. The van der Waals surface area contributed by atoms with Gasteiger partial charge in [-0.05, 0) is 37.6 Å². The molecular weight excluding hydrogens is 176 g/mol. The van der Waals surface area contributed by atoms with Crippen molar-refractivity contribution in [3.8, 4) is 5.75 Å². The van der Waals surface area contributed by atoms with Crippen molar-refractivity contribution in [2.75, 3.05) is 6.61 Å². The standard InChI is InChI=1S/C12H14O2/c1-4-7-14-12-6-5-11(10(3)13)8-9(12)2/h4-6,8H,1,7H2,2-3H3. The number of ketones is 1. The van der Waals surface area contributed by atoms with Crippen molar-refractivity contribution in [1.82, 2.24) is 0 Å². The van der Waals surface area contributed by atoms with E-state index in [1.165, 1.54) is 0 Å². The second-order valence-electron chi connectivity index (χ2n) is 3.14. The van der Waals surface area contributed by atoms with Crippen LogP contribution in [-0.2, 0) is 0 Å². The Kier molecular flexibility index (Phi) is 3.46. The van der Waals surface area contributed by atoms with Gasteiger partial charge in [-0.25, -0.2) is 0 Å². The first-order chi connectivity index (χ1) is 6.65. The molecule has 1 aromatic carbocycles. The van der Waals surface area contributed by atoms with Crippen molar-refractivity contribution < 1.29 is 9.53 Å². The molecule has 0 N–H and O–H groups in total. The van der Waals surface area contributed by atoms with E-state index in [1.807, 2.05) is 19.1 Å². The van der Waals surface area contributed by atoms with Gasteiger partial charge >= 0.3 is 0 Å². The fourth-order valence-corrected chi connectivity index (χ4v) is 1.18. The fourth-order valence-electron chi connectivity index (χ4n) is 1.18. The lowest BCUT2D eigenvalue weighted by Crippen LogP contribution is -1.98. The molecule has 0 radical (unpaired) electrons. The van der Waals surface area contributed by atoms with E-state index in [4.69, 9.17) is 4.74 Å². The van der Waals surface area contributed by atoms with Crippen molar-refractivity contribution >= 4 is 5.78 Å². The second kappa shape index (κ2) is 4.61. The summed E-state index contributed by atoms with van der Waals surface area (Å²) in [5.41, 5.74) is 1.69. The van der Waals surface area contributed by atoms with Crippen LogP contribution in [0.3, 0.4) is 0 Å². The Bertz CT molecular complexity index is 353. The molecule has 0 aliphatic rings. The predicted octanol–water partition coefficient (Wildman–Crippen LogP) is 2.76. The minimum absolute atomic E-state index is 0.0726. The maximum atomic E-state index is 11.1. The van der Waals surface area contributed by atoms with Crippen LogP contribution in [-0.4, -0.2) is 12.4 Å². The first-order valence-electron chi connectivity index (χ1n) is 4.50. The van der Waals surface area contributed by atoms with Crippen LogP contribution in [0.15, 0.2) is 30.9 Å². The second-order valence-corrected chi connectivity index (χ2v) is 3.14. The molecule has 1 aromatic rings. The van der Waals surface area contributed by atoms with E-state index < -0.39 is 0 Å². The van der Waals surface area contributed by atoms with E-state index in [9.17, 15) is 4.79 Å². The van der Waals surface area contributed by atoms with Gasteiger partial charge < -0.3 is 4.74 Å². The molecule has 1 rings (SSSR count). The average Bonchev–Trinajstić information content (AvgIpc) is 2.15. The highest BCUT2D eigenvalue weighted by atomic mass is 16.5. The molecule has 2 nitrogen and oxygen atoms in total. The lowest BCUT2D eigenvalue weighted by atomic mass is 10.1. The molecule has 0 atom stereocenters. The molecule has 2 heteroatoms. The average molecular weight is 190 g/mol. The van der Waals surface area contributed by atoms with Gasteiger partial charge in [-0.3, -0.25) is 4.79 Å². The lowest BCUT2D eigenvalue weighted by molar-refractivity contribution is 0.101. The molecule has 0 fully saturated rings. The zero-order chi connectivity index (χ0) is 10.6. The number of carbonyl (C=O) groups excluding carboxylic acids is 1. The van der Waals surface area contributed by atoms with Gasteiger partial charge in [0.25, 0.3) is 0 Å². The zero-order valence-electron chi connectivity index (χ0n) is 8.54. The fraction of sp³-hybridized carbons (Fsp3) is 0.250. The summed E-state index contributed by atoms with van der Waals surface area (Å²) in [6, 6.07) is 5.42. The normalized spacial score (nSPS) is 9.57. The topological polar surface area (TPSA) is 26.3 Å². The molecule has 0 aliphatic heterocycles. The number of hydrogen-bond acceptors (Lipinski definition) is 2. The maximum Gasteiger partial charge on any atom is 0.159 e. The summed E-state index contributed by atoms with van der Waals surface area (Å²) in [7, 11) is 0. The third-order valence-corrected chi connectivity index (χ3v) is 1.94. The molecule has 0 aromatic heterocycles. The van der Waals surface area contributed by atoms with E-state index in [0.717, 1.165) is 11.3 Å². The quantitative estimate of drug-likeness (QED) is 0.539. The molecule has 0 aliphatic carbocycles. The monoisotopic (exact) mass is 190 g/mol. The van der Waals surface area contributed by atoms with Crippen molar-refractivity contribution in [2.45, 2.75) is 13.8 Å². The maximum absolute atomic E-state index is 11.1. The minimum atomic E-state index is 0.0726. The van der Waals surface area contributed by atoms with Gasteiger partial charge in [0.1, 0.15) is 12.4 Å². The van der Waals surface area contributed by atoms with Crippen LogP contribution < -0.4 is 4.74 Å². The Morgan fingerprint density at radius 2 is 2.29 bits per heavy atom. The number of rotatable bonds is 4. The third kappa shape index (κ3) is 2.46. The summed E-state index contributed by atoms with van der Waals surface area (Å²) >= 11 is 0. The molecule has 0 unspecified atom stereocenters. The largest absolute Gasteiger partial charge is 0.489 e. The number of carbonyl (C=O) groups is 1. The predicted molar refractivity (Wildman–Crippen MR) is 56.9 cm³/mol. The van der Waals surface area contributed by atoms with Crippen LogP contribution in [0.1, 0.15) is 22.8 Å². The van der Waals surface area contributed by atoms with Gasteiger partial charge in [0.2, 0.25) is 0 Å². The number of ether oxygens (including phenoxy) is 1. The zero-order valence-corrected chi connectivity index (χ0v) is 8.54. The van der Waals surface area contributed by atoms with Crippen LogP contribution in [0, 0.1) is 6.92 Å². The molecule has 14 heavy (non-hydrogen) atoms. The highest BCUT2D eigenvalue weighted by molar-refractivity contribution is 5.94. The number of aryl methyl sites for hydroxylation is 1. The van der Waals surface area contributed by atoms with Gasteiger partial charge in [0.15, 0.2) is 5.78 Å². The van der Waals surface area contributed by atoms with Crippen molar-refractivity contribution in [3.63, 3.8) is 0 Å². The molecular formula is C12H14O2. The van der Waals surface area contributed by atoms with Crippen molar-refractivity contribution in [3.05, 3.63) is 42.0 Å². The molecule has 0 spiro atoms. The Labute approximate surface area is 84.2 Å². The van der Waals surface area contributed by atoms with Crippen LogP contribution >= 0.6 is 0 Å². The molecule has 74 valence electrons. The summed E-state index contributed by atoms with van der Waals surface area (Å²) < 4.78 is 5.39. The van der Waals surface area contributed by atoms with Gasteiger partial charge in [0.05, 0.1) is 0 Å². The Morgan fingerprint density at radius 1 is 1.57 bits per heavy atom. The first kappa shape index (κ1) is 10.5. The van der Waals surface area contributed by atoms with E-state index in [1.54, 1.807) is 19.1 Å². The highest BCUT2D eigenvalue weighted by Gasteiger charge is 2.03. The number of benzene rings is 1. The van der Waals surface area contributed by atoms with Crippen LogP contribution in [0.2, 0.25) is 0 Å². The van der Waals surface area contributed by atoms with Gasteiger partial charge in [0, 0.05) is 5.56 Å². The van der Waals surface area contributed by atoms with Gasteiger partial charge in [-0.15, -0.1) is 0 Å². The summed E-state index contributed by atoms with van der Waals surface area (Å²) in [6.07, 6.45) is 1.69. The number of Topliss-reactive ketones (excluding diaryl/α,β-unsaturated/α-hetero) is 1. The SMILES string of the molecule is C=CCOc1ccc(C(C)=O)cc1C. The molecule has 0 amide bonds. The Balaban J connectivity index is 2.89. The summed E-state index contributed by atoms with van der Waals surface area (Å²) in [4.78, 5) is 11.1. The molecule has 0 bridgehead atoms. The van der Waals surface area contributed by atoms with Crippen LogP contribution in [0.25, 0.3) is 0 Å². The third-order valence-electron chi connectivity index (χ3n) is 1.94. The number of hydrogen-bond donors (Lipinski definition) is 0.